The molecule has 12 heteroatoms. The monoisotopic (exact) mass is 654 g/mol. The average Bonchev–Trinajstić information content (AvgIpc) is 3.59. The van der Waals surface area contributed by atoms with Crippen molar-refractivity contribution in [2.75, 3.05) is 0 Å². The zero-order valence-corrected chi connectivity index (χ0v) is 26.6. The van der Waals surface area contributed by atoms with Crippen molar-refractivity contribution in [1.82, 2.24) is 30.0 Å². The quantitative estimate of drug-likeness (QED) is 0.156. The number of carbonyl (C=O) groups excluding carboxylic acids is 4. The van der Waals surface area contributed by atoms with Crippen molar-refractivity contribution in [3.63, 3.8) is 0 Å². The molecule has 2 N–H and O–H groups in total. The highest BCUT2D eigenvalue weighted by molar-refractivity contribution is 6.46. The Kier molecular flexibility index (Phi) is 7.40. The van der Waals surface area contributed by atoms with Crippen LogP contribution in [0.2, 0.25) is 10.0 Å². The fourth-order valence-corrected chi connectivity index (χ4v) is 6.98. The second kappa shape index (κ2) is 11.3. The van der Waals surface area contributed by atoms with Crippen LogP contribution in [0, 0.1) is 0 Å². The van der Waals surface area contributed by atoms with Gasteiger partial charge in [-0.1, -0.05) is 54.4 Å². The molecular formula is C34H28Cl2N6O4. The standard InChI is InChI=1S/C34H28Cl2N6O4/c1-4-27(39-18(3)42-32(44)22-10-6-8-20-29(22)24(34(42)46)15-25(35)30(20)36)38-17(2)41-31(43)21-9-5-7-19-26(40-14-13-37-16-40)12-11-23(28(19)21)33(41)45/h5-18,27,38-39H,4H2,1-3H3. The lowest BCUT2D eigenvalue weighted by atomic mass is 9.92. The van der Waals surface area contributed by atoms with Crippen LogP contribution in [0.3, 0.4) is 0 Å². The molecule has 10 nitrogen and oxygen atoms in total. The van der Waals surface area contributed by atoms with Gasteiger partial charge in [-0.15, -0.1) is 0 Å². The Labute approximate surface area is 273 Å². The number of hydrogen-bond acceptors (Lipinski definition) is 7. The van der Waals surface area contributed by atoms with E-state index in [0.29, 0.717) is 39.3 Å². The van der Waals surface area contributed by atoms with Gasteiger partial charge in [0.25, 0.3) is 23.6 Å². The van der Waals surface area contributed by atoms with Gasteiger partial charge >= 0.3 is 0 Å². The molecular weight excluding hydrogens is 627 g/mol. The molecule has 3 heterocycles. The number of hydrogen-bond donors (Lipinski definition) is 2. The van der Waals surface area contributed by atoms with E-state index >= 15 is 0 Å². The van der Waals surface area contributed by atoms with Crippen molar-refractivity contribution in [3.8, 4) is 5.69 Å². The Morgan fingerprint density at radius 1 is 0.739 bits per heavy atom. The number of benzene rings is 4. The van der Waals surface area contributed by atoms with Gasteiger partial charge in [0.15, 0.2) is 0 Å². The van der Waals surface area contributed by atoms with E-state index in [9.17, 15) is 19.2 Å². The number of amides is 4. The molecule has 0 bridgehead atoms. The topological polar surface area (TPSA) is 117 Å². The van der Waals surface area contributed by atoms with Gasteiger partial charge in [0.2, 0.25) is 0 Å². The molecule has 1 aromatic heterocycles. The molecule has 0 saturated heterocycles. The summed E-state index contributed by atoms with van der Waals surface area (Å²) in [4.78, 5) is 61.5. The molecule has 0 fully saturated rings. The summed E-state index contributed by atoms with van der Waals surface area (Å²) in [6.07, 6.45) is 3.68. The lowest BCUT2D eigenvalue weighted by Gasteiger charge is -2.38. The molecule has 0 spiro atoms. The summed E-state index contributed by atoms with van der Waals surface area (Å²) in [6.45, 7) is 5.35. The maximum Gasteiger partial charge on any atom is 0.262 e. The van der Waals surface area contributed by atoms with E-state index < -0.39 is 42.1 Å². The number of carbonyl (C=O) groups is 4. The first kappa shape index (κ1) is 30.1. The number of rotatable bonds is 8. The minimum Gasteiger partial charge on any atom is -0.306 e. The summed E-state index contributed by atoms with van der Waals surface area (Å²) in [5.41, 5.74) is 2.30. The predicted octanol–water partition coefficient (Wildman–Crippen LogP) is 5.99. The summed E-state index contributed by atoms with van der Waals surface area (Å²) >= 11 is 12.8. The van der Waals surface area contributed by atoms with E-state index in [1.165, 1.54) is 11.0 Å². The summed E-state index contributed by atoms with van der Waals surface area (Å²) in [5, 5.41) is 9.52. The molecule has 3 unspecified atom stereocenters. The van der Waals surface area contributed by atoms with Gasteiger partial charge in [-0.25, -0.2) is 4.98 Å². The minimum absolute atomic E-state index is 0.220. The maximum atomic E-state index is 13.8. The zero-order chi connectivity index (χ0) is 32.4. The van der Waals surface area contributed by atoms with E-state index in [-0.39, 0.29) is 15.6 Å². The molecule has 0 radical (unpaired) electrons. The number of nitrogens with zero attached hydrogens (tertiary/aromatic N) is 4. The van der Waals surface area contributed by atoms with Gasteiger partial charge in [-0.2, -0.15) is 0 Å². The van der Waals surface area contributed by atoms with Gasteiger partial charge in [-0.3, -0.25) is 39.6 Å². The van der Waals surface area contributed by atoms with Crippen LogP contribution >= 0.6 is 23.2 Å². The van der Waals surface area contributed by atoms with E-state index in [0.717, 1.165) is 16.0 Å². The lowest BCUT2D eigenvalue weighted by Crippen LogP contribution is -2.61. The van der Waals surface area contributed by atoms with Crippen molar-refractivity contribution < 1.29 is 19.2 Å². The molecule has 2 aliphatic heterocycles. The molecule has 3 atom stereocenters. The van der Waals surface area contributed by atoms with Crippen LogP contribution in [0.25, 0.3) is 27.2 Å². The number of aromatic nitrogens is 2. The Morgan fingerprint density at radius 2 is 1.28 bits per heavy atom. The molecule has 2 aliphatic rings. The second-order valence-electron chi connectivity index (χ2n) is 11.4. The van der Waals surface area contributed by atoms with Crippen LogP contribution in [-0.4, -0.2) is 61.5 Å². The Bertz CT molecular complexity index is 2090. The molecule has 5 aromatic rings. The van der Waals surface area contributed by atoms with Crippen molar-refractivity contribution in [2.24, 2.45) is 0 Å². The molecule has 0 saturated carbocycles. The molecule has 46 heavy (non-hydrogen) atoms. The Balaban J connectivity index is 1.13. The summed E-state index contributed by atoms with van der Waals surface area (Å²) in [6, 6.07) is 15.6. The van der Waals surface area contributed by atoms with Gasteiger partial charge < -0.3 is 4.57 Å². The summed E-state index contributed by atoms with van der Waals surface area (Å²) in [5.74, 6) is -1.81. The van der Waals surface area contributed by atoms with Crippen LogP contribution in [0.1, 0.15) is 68.6 Å². The largest absolute Gasteiger partial charge is 0.306 e. The lowest BCUT2D eigenvalue weighted by molar-refractivity contribution is 0.0473. The Hall–Kier alpha value is -4.61. The fourth-order valence-electron chi connectivity index (χ4n) is 6.56. The van der Waals surface area contributed by atoms with E-state index in [1.807, 2.05) is 29.8 Å². The molecule has 4 amide bonds. The van der Waals surface area contributed by atoms with Crippen molar-refractivity contribution in [2.45, 2.75) is 45.7 Å². The number of imide groups is 2. The van der Waals surface area contributed by atoms with Crippen molar-refractivity contribution >= 4 is 68.4 Å². The first-order chi connectivity index (χ1) is 22.1. The fraction of sp³-hybridized carbons (Fsp3) is 0.206. The molecule has 0 aliphatic carbocycles. The van der Waals surface area contributed by atoms with E-state index in [2.05, 4.69) is 15.6 Å². The molecule has 232 valence electrons. The van der Waals surface area contributed by atoms with E-state index in [4.69, 9.17) is 23.2 Å². The highest BCUT2D eigenvalue weighted by Gasteiger charge is 2.39. The minimum atomic E-state index is -0.758. The van der Waals surface area contributed by atoms with Gasteiger partial charge in [0.1, 0.15) is 0 Å². The molecule has 7 rings (SSSR count). The highest BCUT2D eigenvalue weighted by Crippen LogP contribution is 2.39. The average molecular weight is 656 g/mol. The third kappa shape index (κ3) is 4.52. The van der Waals surface area contributed by atoms with Crippen molar-refractivity contribution in [3.05, 3.63) is 106 Å². The van der Waals surface area contributed by atoms with Crippen LogP contribution in [0.5, 0.6) is 0 Å². The predicted molar refractivity (Wildman–Crippen MR) is 175 cm³/mol. The number of imidazole rings is 1. The Morgan fingerprint density at radius 3 is 1.85 bits per heavy atom. The van der Waals surface area contributed by atoms with Crippen LogP contribution in [-0.2, 0) is 0 Å². The zero-order valence-electron chi connectivity index (χ0n) is 25.0. The smallest absolute Gasteiger partial charge is 0.262 e. The number of halogens is 2. The first-order valence-electron chi connectivity index (χ1n) is 14.8. The van der Waals surface area contributed by atoms with Gasteiger partial charge in [0, 0.05) is 50.6 Å². The maximum absolute atomic E-state index is 13.8. The van der Waals surface area contributed by atoms with Crippen LogP contribution < -0.4 is 10.6 Å². The summed E-state index contributed by atoms with van der Waals surface area (Å²) < 4.78 is 1.84. The third-order valence-corrected chi connectivity index (χ3v) is 9.52. The third-order valence-electron chi connectivity index (χ3n) is 8.72. The molecule has 4 aromatic carbocycles. The summed E-state index contributed by atoms with van der Waals surface area (Å²) in [7, 11) is 0. The SMILES string of the molecule is CCC(NC(C)N1C(=O)c2cccc3c(-n4ccnc4)ccc(c23)C1=O)NC(C)N1C(=O)c2cccc3c(Cl)c(Cl)cc(c23)C1=O. The highest BCUT2D eigenvalue weighted by atomic mass is 35.5. The number of nitrogens with one attached hydrogen (secondary N) is 2. The van der Waals surface area contributed by atoms with Gasteiger partial charge in [0.05, 0.1) is 46.1 Å². The van der Waals surface area contributed by atoms with Crippen molar-refractivity contribution in [1.29, 1.82) is 0 Å². The van der Waals surface area contributed by atoms with E-state index in [1.54, 1.807) is 62.8 Å². The van der Waals surface area contributed by atoms with Crippen LogP contribution in [0.15, 0.2) is 73.3 Å². The van der Waals surface area contributed by atoms with Crippen LogP contribution in [0.4, 0.5) is 0 Å². The normalized spacial score (nSPS) is 16.5. The second-order valence-corrected chi connectivity index (χ2v) is 12.2. The first-order valence-corrected chi connectivity index (χ1v) is 15.6. The van der Waals surface area contributed by atoms with Gasteiger partial charge in [-0.05, 0) is 50.6 Å².